The Balaban J connectivity index is 2.92. The summed E-state index contributed by atoms with van der Waals surface area (Å²) in [5.41, 5.74) is 0.659. The topological polar surface area (TPSA) is 20.3 Å². The van der Waals surface area contributed by atoms with Gasteiger partial charge in [-0.2, -0.15) is 0 Å². The highest BCUT2D eigenvalue weighted by atomic mass is 19.1. The molecule has 3 heteroatoms. The van der Waals surface area contributed by atoms with E-state index in [1.807, 2.05) is 13.8 Å². The van der Waals surface area contributed by atoms with Gasteiger partial charge in [-0.25, -0.2) is 4.39 Å². The van der Waals surface area contributed by atoms with E-state index in [0.717, 1.165) is 0 Å². The summed E-state index contributed by atoms with van der Waals surface area (Å²) in [6.45, 7) is 6.34. The van der Waals surface area contributed by atoms with E-state index < -0.39 is 5.82 Å². The zero-order chi connectivity index (χ0) is 12.3. The summed E-state index contributed by atoms with van der Waals surface area (Å²) in [4.78, 5) is 13.5. The first kappa shape index (κ1) is 12.7. The zero-order valence-electron chi connectivity index (χ0n) is 10.2. The van der Waals surface area contributed by atoms with Crippen LogP contribution in [0.3, 0.4) is 0 Å². The molecular formula is C13H18FNO. The normalized spacial score (nSPS) is 10.6. The van der Waals surface area contributed by atoms with Crippen molar-refractivity contribution in [3.8, 4) is 0 Å². The maximum Gasteiger partial charge on any atom is 0.256 e. The van der Waals surface area contributed by atoms with E-state index in [0.29, 0.717) is 18.0 Å². The molecule has 0 bridgehead atoms. The number of hydrogen-bond donors (Lipinski definition) is 0. The molecule has 1 rings (SSSR count). The van der Waals surface area contributed by atoms with Crippen molar-refractivity contribution in [1.29, 1.82) is 0 Å². The number of amides is 1. The van der Waals surface area contributed by atoms with Crippen LogP contribution in [0.15, 0.2) is 18.2 Å². The molecule has 0 saturated heterocycles. The first-order valence-corrected chi connectivity index (χ1v) is 5.44. The highest BCUT2D eigenvalue weighted by molar-refractivity contribution is 5.94. The molecule has 1 amide bonds. The molecule has 0 aliphatic heterocycles. The molecule has 0 heterocycles. The number of nitrogens with zero attached hydrogens (tertiary/aromatic N) is 1. The number of benzene rings is 1. The molecule has 1 aromatic carbocycles. The third-order valence-corrected chi connectivity index (χ3v) is 2.41. The highest BCUT2D eigenvalue weighted by Crippen LogP contribution is 2.14. The zero-order valence-corrected chi connectivity index (χ0v) is 10.2. The molecule has 0 radical (unpaired) electrons. The Hall–Kier alpha value is -1.38. The molecule has 1 aromatic rings. The molecule has 0 saturated carbocycles. The minimum atomic E-state index is -0.414. The first-order valence-electron chi connectivity index (χ1n) is 5.44. The van der Waals surface area contributed by atoms with Gasteiger partial charge in [0.25, 0.3) is 5.91 Å². The van der Waals surface area contributed by atoms with Gasteiger partial charge in [0.05, 0.1) is 5.56 Å². The van der Waals surface area contributed by atoms with Crippen LogP contribution in [-0.2, 0) is 0 Å². The summed E-state index contributed by atoms with van der Waals surface area (Å²) in [6, 6.07) is 4.89. The van der Waals surface area contributed by atoms with Crippen LogP contribution in [0, 0.1) is 18.7 Å². The van der Waals surface area contributed by atoms with Crippen LogP contribution in [0.5, 0.6) is 0 Å². The van der Waals surface area contributed by atoms with Crippen molar-refractivity contribution in [1.82, 2.24) is 4.90 Å². The van der Waals surface area contributed by atoms with Crippen LogP contribution in [0.4, 0.5) is 4.39 Å². The van der Waals surface area contributed by atoms with Gasteiger partial charge in [0.2, 0.25) is 0 Å². The Labute approximate surface area is 96.1 Å². The minimum absolute atomic E-state index is 0.156. The molecule has 0 aliphatic rings. The van der Waals surface area contributed by atoms with Crippen LogP contribution >= 0.6 is 0 Å². The van der Waals surface area contributed by atoms with Crippen LogP contribution in [-0.4, -0.2) is 24.4 Å². The van der Waals surface area contributed by atoms with Crippen LogP contribution in [0.2, 0.25) is 0 Å². The Morgan fingerprint density at radius 1 is 1.44 bits per heavy atom. The molecule has 0 unspecified atom stereocenters. The number of hydrogen-bond acceptors (Lipinski definition) is 1. The molecule has 2 nitrogen and oxygen atoms in total. The predicted molar refractivity (Wildman–Crippen MR) is 62.9 cm³/mol. The second-order valence-electron chi connectivity index (χ2n) is 4.52. The van der Waals surface area contributed by atoms with Crippen LogP contribution in [0.25, 0.3) is 0 Å². The molecule has 16 heavy (non-hydrogen) atoms. The van der Waals surface area contributed by atoms with E-state index in [-0.39, 0.29) is 11.5 Å². The molecule has 88 valence electrons. The van der Waals surface area contributed by atoms with Gasteiger partial charge in [0.1, 0.15) is 5.82 Å². The molecular weight excluding hydrogens is 205 g/mol. The molecule has 0 fully saturated rings. The summed E-state index contributed by atoms with van der Waals surface area (Å²) in [6.07, 6.45) is 0. The van der Waals surface area contributed by atoms with E-state index >= 15 is 0 Å². The minimum Gasteiger partial charge on any atom is -0.341 e. The lowest BCUT2D eigenvalue weighted by Gasteiger charge is -2.19. The quantitative estimate of drug-likeness (QED) is 0.771. The first-order chi connectivity index (χ1) is 7.43. The number of rotatable bonds is 3. The molecule has 0 N–H and O–H groups in total. The fourth-order valence-electron chi connectivity index (χ4n) is 1.65. The monoisotopic (exact) mass is 223 g/mol. The van der Waals surface area contributed by atoms with E-state index in [2.05, 4.69) is 0 Å². The Morgan fingerprint density at radius 2 is 2.06 bits per heavy atom. The standard InChI is InChI=1S/C13H18FNO/c1-9(2)8-15(4)13(16)11-7-5-6-10(3)12(11)14/h5-7,9H,8H2,1-4H3. The predicted octanol–water partition coefficient (Wildman–Crippen LogP) is 2.86. The number of carbonyl (C=O) groups excluding carboxylic acids is 1. The summed E-state index contributed by atoms with van der Waals surface area (Å²) in [5.74, 6) is -0.292. The van der Waals surface area contributed by atoms with Crippen molar-refractivity contribution < 1.29 is 9.18 Å². The molecule has 0 spiro atoms. The summed E-state index contributed by atoms with van der Waals surface area (Å²) >= 11 is 0. The van der Waals surface area contributed by atoms with Gasteiger partial charge >= 0.3 is 0 Å². The fourth-order valence-corrected chi connectivity index (χ4v) is 1.65. The second-order valence-corrected chi connectivity index (χ2v) is 4.52. The summed E-state index contributed by atoms with van der Waals surface area (Å²) < 4.78 is 13.7. The van der Waals surface area contributed by atoms with Gasteiger partial charge < -0.3 is 4.90 Å². The Morgan fingerprint density at radius 3 is 2.62 bits per heavy atom. The van der Waals surface area contributed by atoms with Crippen molar-refractivity contribution >= 4 is 5.91 Å². The Kier molecular flexibility index (Phi) is 4.05. The summed E-state index contributed by atoms with van der Waals surface area (Å²) in [7, 11) is 1.70. The van der Waals surface area contributed by atoms with E-state index in [9.17, 15) is 9.18 Å². The van der Waals surface area contributed by atoms with E-state index in [4.69, 9.17) is 0 Å². The van der Waals surface area contributed by atoms with E-state index in [1.54, 1.807) is 31.0 Å². The lowest BCUT2D eigenvalue weighted by atomic mass is 10.1. The van der Waals surface area contributed by atoms with Crippen molar-refractivity contribution in [2.45, 2.75) is 20.8 Å². The average molecular weight is 223 g/mol. The van der Waals surface area contributed by atoms with Crippen molar-refractivity contribution in [2.24, 2.45) is 5.92 Å². The lowest BCUT2D eigenvalue weighted by molar-refractivity contribution is 0.0774. The third kappa shape index (κ3) is 2.81. The maximum atomic E-state index is 13.7. The third-order valence-electron chi connectivity index (χ3n) is 2.41. The van der Waals surface area contributed by atoms with Gasteiger partial charge in [0.15, 0.2) is 0 Å². The van der Waals surface area contributed by atoms with Gasteiger partial charge in [-0.05, 0) is 24.5 Å². The number of carbonyl (C=O) groups is 1. The average Bonchev–Trinajstić information content (AvgIpc) is 2.20. The van der Waals surface area contributed by atoms with Gasteiger partial charge in [-0.15, -0.1) is 0 Å². The van der Waals surface area contributed by atoms with Crippen molar-refractivity contribution in [2.75, 3.05) is 13.6 Å². The number of halogens is 1. The van der Waals surface area contributed by atoms with E-state index in [1.165, 1.54) is 6.07 Å². The van der Waals surface area contributed by atoms with Gasteiger partial charge in [-0.3, -0.25) is 4.79 Å². The van der Waals surface area contributed by atoms with Crippen molar-refractivity contribution in [3.05, 3.63) is 35.1 Å². The van der Waals surface area contributed by atoms with Crippen LogP contribution in [0.1, 0.15) is 29.8 Å². The summed E-state index contributed by atoms with van der Waals surface area (Å²) in [5, 5.41) is 0. The SMILES string of the molecule is Cc1cccc(C(=O)N(C)CC(C)C)c1F. The fraction of sp³-hybridized carbons (Fsp3) is 0.462. The maximum absolute atomic E-state index is 13.7. The molecule has 0 aromatic heterocycles. The lowest BCUT2D eigenvalue weighted by Crippen LogP contribution is -2.31. The molecule has 0 atom stereocenters. The van der Waals surface area contributed by atoms with Gasteiger partial charge in [-0.1, -0.05) is 26.0 Å². The smallest absolute Gasteiger partial charge is 0.256 e. The largest absolute Gasteiger partial charge is 0.341 e. The van der Waals surface area contributed by atoms with Crippen LogP contribution < -0.4 is 0 Å². The van der Waals surface area contributed by atoms with Gasteiger partial charge in [0, 0.05) is 13.6 Å². The number of aryl methyl sites for hydroxylation is 1. The Bertz CT molecular complexity index is 388. The van der Waals surface area contributed by atoms with Crippen molar-refractivity contribution in [3.63, 3.8) is 0 Å². The highest BCUT2D eigenvalue weighted by Gasteiger charge is 2.17. The second kappa shape index (κ2) is 5.10. The molecule has 0 aliphatic carbocycles.